The minimum Gasteiger partial charge on any atom is -0.368 e. The molecule has 0 aliphatic carbocycles. The van der Waals surface area contributed by atoms with Gasteiger partial charge in [-0.25, -0.2) is 0 Å². The molecule has 1 rings (SSSR count). The maximum atomic E-state index is 15.0. The average Bonchev–Trinajstić information content (AvgIpc) is 1.81. The molecule has 36 heteroatoms. The van der Waals surface area contributed by atoms with Gasteiger partial charge in [0.15, 0.2) is 0 Å². The maximum absolute atomic E-state index is 15.0. The molecule has 121 heavy (non-hydrogen) atoms. The van der Waals surface area contributed by atoms with Gasteiger partial charge in [-0.05, 0) is 254 Å². The fraction of sp³-hybridized carbons (Fsp3) is 0.824. The number of carbonyl (C=O) groups excluding carboxylic acids is 15. The second-order valence-corrected chi connectivity index (χ2v) is 35.7. The van der Waals surface area contributed by atoms with E-state index < -0.39 is 173 Å². The highest BCUT2D eigenvalue weighted by Crippen LogP contribution is 2.23. The quantitative estimate of drug-likeness (QED) is 0.0376. The molecular formula is C85H161N21O15. The van der Waals surface area contributed by atoms with Crippen molar-refractivity contribution in [2.24, 2.45) is 81.6 Å². The molecule has 15 amide bonds. The van der Waals surface area contributed by atoms with E-state index in [0.29, 0.717) is 96.6 Å². The van der Waals surface area contributed by atoms with Crippen molar-refractivity contribution < 1.29 is 71.9 Å². The van der Waals surface area contributed by atoms with E-state index >= 15 is 0 Å². The molecule has 0 radical (unpaired) electrons. The predicted molar refractivity (Wildman–Crippen MR) is 468 cm³/mol. The number of likely N-dealkylation sites (tertiary alicyclic amines) is 1. The average molecular weight is 1720 g/mol. The van der Waals surface area contributed by atoms with Crippen LogP contribution >= 0.6 is 0 Å². The van der Waals surface area contributed by atoms with Crippen LogP contribution < -0.4 is 109 Å². The van der Waals surface area contributed by atoms with Crippen LogP contribution in [0.5, 0.6) is 0 Å². The molecule has 1 heterocycles. The van der Waals surface area contributed by atoms with Gasteiger partial charge in [-0.2, -0.15) is 0 Å². The van der Waals surface area contributed by atoms with Gasteiger partial charge in [0.25, 0.3) is 0 Å². The van der Waals surface area contributed by atoms with Crippen molar-refractivity contribution in [1.82, 2.24) is 74.0 Å². The highest BCUT2D eigenvalue weighted by Gasteiger charge is 2.42. The molecule has 1 aliphatic rings. The van der Waals surface area contributed by atoms with Crippen LogP contribution in [0.4, 0.5) is 0 Å². The van der Waals surface area contributed by atoms with E-state index in [0.717, 1.165) is 0 Å². The number of rotatable bonds is 65. The van der Waals surface area contributed by atoms with E-state index in [2.05, 4.69) is 69.1 Å². The van der Waals surface area contributed by atoms with Crippen LogP contribution in [0.3, 0.4) is 0 Å². The normalized spacial score (nSPS) is 16.1. The number of nitrogens with zero attached hydrogens (tertiary/aromatic N) is 1. The van der Waals surface area contributed by atoms with Crippen LogP contribution in [0.15, 0.2) is 0 Å². The lowest BCUT2D eigenvalue weighted by atomic mass is 9.98. The number of hydrogen-bond donors (Lipinski definition) is 20. The van der Waals surface area contributed by atoms with E-state index in [9.17, 15) is 71.9 Å². The first-order valence-corrected chi connectivity index (χ1v) is 44.8. The van der Waals surface area contributed by atoms with Crippen molar-refractivity contribution >= 4 is 88.6 Å². The lowest BCUT2D eigenvalue weighted by molar-refractivity contribution is -0.143. The van der Waals surface area contributed by atoms with Gasteiger partial charge in [-0.15, -0.1) is 0 Å². The van der Waals surface area contributed by atoms with Crippen molar-refractivity contribution in [3.05, 3.63) is 0 Å². The Morgan fingerprint density at radius 3 is 0.678 bits per heavy atom. The molecule has 0 aromatic carbocycles. The smallest absolute Gasteiger partial charge is 0.245 e. The molecule has 0 unspecified atom stereocenters. The first-order valence-electron chi connectivity index (χ1n) is 44.8. The molecular weight excluding hydrogens is 1560 g/mol. The number of carbonyl (C=O) groups is 15. The predicted octanol–water partition coefficient (Wildman–Crippen LogP) is 0.882. The summed E-state index contributed by atoms with van der Waals surface area (Å²) in [5.74, 6) is -11.2. The second-order valence-electron chi connectivity index (χ2n) is 35.7. The Morgan fingerprint density at radius 2 is 0.455 bits per heavy atom. The Kier molecular flexibility index (Phi) is 56.0. The van der Waals surface area contributed by atoms with Crippen LogP contribution in [0, 0.1) is 41.4 Å². The van der Waals surface area contributed by atoms with Crippen LogP contribution in [-0.2, 0) is 71.9 Å². The Labute approximate surface area is 720 Å². The number of nitrogens with one attached hydrogen (secondary N) is 13. The van der Waals surface area contributed by atoms with Crippen LogP contribution in [-0.4, -0.2) is 224 Å². The molecule has 36 nitrogen and oxygen atoms in total. The Hall–Kier alpha value is -8.19. The molecule has 27 N–H and O–H groups in total. The van der Waals surface area contributed by atoms with Crippen LogP contribution in [0.1, 0.15) is 277 Å². The Balaban J connectivity index is 3.73. The van der Waals surface area contributed by atoms with Gasteiger partial charge in [-0.3, -0.25) is 71.9 Å². The van der Waals surface area contributed by atoms with Gasteiger partial charge in [0.1, 0.15) is 84.6 Å². The molecule has 0 aromatic heterocycles. The van der Waals surface area contributed by atoms with Crippen LogP contribution in [0.2, 0.25) is 0 Å². The van der Waals surface area contributed by atoms with Crippen molar-refractivity contribution in [3.63, 3.8) is 0 Å². The van der Waals surface area contributed by atoms with Gasteiger partial charge >= 0.3 is 0 Å². The summed E-state index contributed by atoms with van der Waals surface area (Å²) in [5.41, 5.74) is 40.7. The fourth-order valence-corrected chi connectivity index (χ4v) is 14.5. The topological polar surface area (TPSA) is 598 Å². The molecule has 0 aromatic rings. The van der Waals surface area contributed by atoms with E-state index in [1.54, 1.807) is 0 Å². The molecule has 696 valence electrons. The number of nitrogens with two attached hydrogens (primary N) is 7. The summed E-state index contributed by atoms with van der Waals surface area (Å²) in [5, 5.41) is 36.6. The third-order valence-electron chi connectivity index (χ3n) is 20.8. The standard InChI is InChI=1S/C85H161N21O15/c1-50(2)43-64(77(113)94-58(72(92)108)29-16-22-36-86)102-82(118)68(47-54(9)10)101-76(112)62(33-20-26-40-90)97-78(114)65(44-51(3)4)103-83(119)69(48-55(11)12)100-75(111)61(32-19-25-39-89)95-74(110)60(31-18-24-38-88)96-79(115)70(49-56(13)14)105-84(120)71-35-28-42-106(71)85(121)63(34-21-27-41-91)98-80(116)66(45-52(5)6)104-81(117)67(46-53(7)8)99-73(109)59(93-57(15)107)30-17-23-37-87/h50-56,58-71H,16-49,86-91H2,1-15H3,(H2,92,108)(H,93,107)(H,94,113)(H,95,110)(H,96,115)(H,97,114)(H,98,116)(H,99,109)(H,100,111)(H,101,112)(H,102,118)(H,103,119)(H,104,117)(H,105,120)/t58-,59-,60-,61-,62-,63-,64-,65-,66-,67-,68-,69-,70-,71-/m0/s1. The van der Waals surface area contributed by atoms with Gasteiger partial charge in [0.2, 0.25) is 88.6 Å². The second kappa shape index (κ2) is 61.2. The zero-order valence-electron chi connectivity index (χ0n) is 75.8. The number of hydrogen-bond acceptors (Lipinski definition) is 21. The molecule has 0 bridgehead atoms. The monoisotopic (exact) mass is 1720 g/mol. The summed E-state index contributed by atoms with van der Waals surface area (Å²) in [6.07, 6.45) is 7.80. The van der Waals surface area contributed by atoms with Crippen molar-refractivity contribution in [1.29, 1.82) is 0 Å². The Morgan fingerprint density at radius 1 is 0.264 bits per heavy atom. The van der Waals surface area contributed by atoms with Crippen molar-refractivity contribution in [2.45, 2.75) is 362 Å². The van der Waals surface area contributed by atoms with E-state index in [1.807, 2.05) is 96.9 Å². The number of primary amides is 1. The van der Waals surface area contributed by atoms with Crippen LogP contribution in [0.25, 0.3) is 0 Å². The third-order valence-corrected chi connectivity index (χ3v) is 20.8. The summed E-state index contributed by atoms with van der Waals surface area (Å²) in [6.45, 7) is 29.1. The van der Waals surface area contributed by atoms with Crippen molar-refractivity contribution in [3.8, 4) is 0 Å². The highest BCUT2D eigenvalue weighted by atomic mass is 16.2. The van der Waals surface area contributed by atoms with Gasteiger partial charge in [0.05, 0.1) is 0 Å². The van der Waals surface area contributed by atoms with E-state index in [4.69, 9.17) is 40.1 Å². The first kappa shape index (κ1) is 111. The fourth-order valence-electron chi connectivity index (χ4n) is 14.5. The molecule has 0 spiro atoms. The lowest BCUT2D eigenvalue weighted by Gasteiger charge is -2.32. The third kappa shape index (κ3) is 45.7. The minimum absolute atomic E-state index is 0.0380. The number of amides is 15. The molecule has 1 aliphatic heterocycles. The largest absolute Gasteiger partial charge is 0.368 e. The van der Waals surface area contributed by atoms with E-state index in [-0.39, 0.29) is 164 Å². The van der Waals surface area contributed by atoms with Gasteiger partial charge in [0, 0.05) is 13.5 Å². The zero-order chi connectivity index (χ0) is 91.6. The van der Waals surface area contributed by atoms with E-state index in [1.165, 1.54) is 11.8 Å². The maximum Gasteiger partial charge on any atom is 0.245 e. The molecule has 0 saturated carbocycles. The summed E-state index contributed by atoms with van der Waals surface area (Å²) in [6, 6.07) is -16.5. The SMILES string of the molecule is CC(=O)N[C@@H](CCCCN)C(=O)N[C@@H](CC(C)C)C(=O)N[C@@H](CC(C)C)C(=O)N[C@@H](CCCCN)C(=O)N1CCC[C@H]1C(=O)N[C@@H](CC(C)C)C(=O)N[C@@H](CCCCN)C(=O)N[C@@H](CCCCN)C(=O)N[C@@H](CC(C)C)C(=O)N[C@@H](CC(C)C)C(=O)N[C@@H](CCCCN)C(=O)N[C@@H](CC(C)C)C(=O)N[C@@H](CC(C)C)C(=O)N[C@@H](CCCCN)C(N)=O. The summed E-state index contributed by atoms with van der Waals surface area (Å²) < 4.78 is 0. The zero-order valence-corrected chi connectivity index (χ0v) is 75.8. The number of unbranched alkanes of at least 4 members (excludes halogenated alkanes) is 6. The molecule has 1 saturated heterocycles. The minimum atomic E-state index is -1.31. The molecule has 1 fully saturated rings. The lowest BCUT2D eigenvalue weighted by Crippen LogP contribution is -2.61. The summed E-state index contributed by atoms with van der Waals surface area (Å²) in [4.78, 5) is 215. The highest BCUT2D eigenvalue weighted by molar-refractivity contribution is 6.00. The molecule has 14 atom stereocenters. The van der Waals surface area contributed by atoms with Crippen molar-refractivity contribution in [2.75, 3.05) is 45.8 Å². The van der Waals surface area contributed by atoms with Gasteiger partial charge < -0.3 is 114 Å². The Bertz CT molecular complexity index is 3180. The summed E-state index contributed by atoms with van der Waals surface area (Å²) >= 11 is 0. The summed E-state index contributed by atoms with van der Waals surface area (Å²) in [7, 11) is 0. The first-order chi connectivity index (χ1) is 57.1. The van der Waals surface area contributed by atoms with Gasteiger partial charge in [-0.1, -0.05) is 96.9 Å².